The first-order valence-electron chi connectivity index (χ1n) is 10.3. The molecule has 146 valence electrons. The molecular weight excluding hydrogens is 360 g/mol. The molecule has 0 unspecified atom stereocenters. The van der Waals surface area contributed by atoms with Gasteiger partial charge in [-0.25, -0.2) is 4.68 Å². The molecule has 0 amide bonds. The molecule has 2 nitrogen and oxygen atoms in total. The van der Waals surface area contributed by atoms with Crippen LogP contribution in [0.25, 0.3) is 16.8 Å². The molecule has 0 saturated carbocycles. The molecule has 1 aromatic heterocycles. The van der Waals surface area contributed by atoms with Crippen LogP contribution in [-0.4, -0.2) is 14.6 Å². The van der Waals surface area contributed by atoms with Gasteiger partial charge in [-0.3, -0.25) is 0 Å². The van der Waals surface area contributed by atoms with E-state index in [1.807, 2.05) is 23.9 Å². The van der Waals surface area contributed by atoms with E-state index in [-0.39, 0.29) is 0 Å². The van der Waals surface area contributed by atoms with Gasteiger partial charge in [0.05, 0.1) is 11.4 Å². The van der Waals surface area contributed by atoms with Crippen LogP contribution in [0.4, 0.5) is 0 Å². The summed E-state index contributed by atoms with van der Waals surface area (Å²) in [5.41, 5.74) is 7.37. The number of thiocarbonyl (C=S) groups is 1. The fourth-order valence-corrected chi connectivity index (χ4v) is 3.81. The van der Waals surface area contributed by atoms with Crippen molar-refractivity contribution in [1.82, 2.24) is 9.78 Å². The van der Waals surface area contributed by atoms with E-state index < -0.39 is 0 Å². The van der Waals surface area contributed by atoms with Gasteiger partial charge in [0.1, 0.15) is 0 Å². The third-order valence-corrected chi connectivity index (χ3v) is 5.54. The number of hydrogen-bond donors (Lipinski definition) is 0. The van der Waals surface area contributed by atoms with Gasteiger partial charge in [-0.2, -0.15) is 5.10 Å². The molecule has 0 bridgehead atoms. The summed E-state index contributed by atoms with van der Waals surface area (Å²) in [6.45, 7) is 8.68. The molecule has 0 saturated heterocycles. The fraction of sp³-hybridized carbons (Fsp3) is 0.360. The highest BCUT2D eigenvalue weighted by molar-refractivity contribution is 7.80. The molecule has 0 atom stereocenters. The van der Waals surface area contributed by atoms with Crippen LogP contribution >= 0.6 is 12.2 Å². The molecule has 0 N–H and O–H groups in total. The highest BCUT2D eigenvalue weighted by atomic mass is 32.1. The summed E-state index contributed by atoms with van der Waals surface area (Å²) < 4.78 is 1.98. The Morgan fingerprint density at radius 1 is 1.00 bits per heavy atom. The monoisotopic (exact) mass is 390 g/mol. The summed E-state index contributed by atoms with van der Waals surface area (Å²) in [7, 11) is 0. The smallest absolute Gasteiger partial charge is 0.0680 e. The highest BCUT2D eigenvalue weighted by Crippen LogP contribution is 2.29. The molecule has 3 heteroatoms. The van der Waals surface area contributed by atoms with E-state index in [0.717, 1.165) is 37.1 Å². The Morgan fingerprint density at radius 2 is 1.71 bits per heavy atom. The number of nitrogens with zero attached hydrogens (tertiary/aromatic N) is 2. The Kier molecular flexibility index (Phi) is 6.79. The van der Waals surface area contributed by atoms with Crippen molar-refractivity contribution < 1.29 is 0 Å². The molecule has 0 aliphatic heterocycles. The van der Waals surface area contributed by atoms with Gasteiger partial charge in [-0.05, 0) is 77.4 Å². The summed E-state index contributed by atoms with van der Waals surface area (Å²) >= 11 is 5.44. The van der Waals surface area contributed by atoms with E-state index in [1.165, 1.54) is 27.1 Å². The van der Waals surface area contributed by atoms with Crippen molar-refractivity contribution in [3.05, 3.63) is 71.5 Å². The normalized spacial score (nSPS) is 11.2. The van der Waals surface area contributed by atoms with Crippen molar-refractivity contribution >= 4 is 17.1 Å². The predicted octanol–water partition coefficient (Wildman–Crippen LogP) is 7.07. The van der Waals surface area contributed by atoms with Crippen molar-refractivity contribution in [3.63, 3.8) is 0 Å². The van der Waals surface area contributed by atoms with E-state index in [9.17, 15) is 0 Å². The van der Waals surface area contributed by atoms with E-state index >= 15 is 0 Å². The summed E-state index contributed by atoms with van der Waals surface area (Å²) in [6, 6.07) is 17.7. The maximum Gasteiger partial charge on any atom is 0.0680 e. The Hall–Kier alpha value is -2.26. The Labute approximate surface area is 174 Å². The molecule has 3 rings (SSSR count). The second-order valence-corrected chi connectivity index (χ2v) is 8.39. The first-order valence-corrected chi connectivity index (χ1v) is 10.7. The topological polar surface area (TPSA) is 17.8 Å². The summed E-state index contributed by atoms with van der Waals surface area (Å²) in [5, 5.41) is 4.59. The molecule has 3 aromatic rings. The minimum Gasteiger partial charge on any atom is -0.240 e. The molecule has 0 fully saturated rings. The van der Waals surface area contributed by atoms with Crippen molar-refractivity contribution in [2.24, 2.45) is 0 Å². The second kappa shape index (κ2) is 9.29. The average Bonchev–Trinajstić information content (AvgIpc) is 3.13. The lowest BCUT2D eigenvalue weighted by Crippen LogP contribution is -2.02. The predicted molar refractivity (Wildman–Crippen MR) is 124 cm³/mol. The van der Waals surface area contributed by atoms with Crippen molar-refractivity contribution in [2.45, 2.75) is 59.3 Å². The Morgan fingerprint density at radius 3 is 2.32 bits per heavy atom. The van der Waals surface area contributed by atoms with Gasteiger partial charge in [-0.1, -0.05) is 69.7 Å². The third kappa shape index (κ3) is 4.96. The second-order valence-electron chi connectivity index (χ2n) is 7.82. The minimum atomic E-state index is 0.429. The molecule has 2 aromatic carbocycles. The van der Waals surface area contributed by atoms with Crippen LogP contribution in [0.5, 0.6) is 0 Å². The minimum absolute atomic E-state index is 0.429. The summed E-state index contributed by atoms with van der Waals surface area (Å²) in [4.78, 5) is 1.19. The largest absolute Gasteiger partial charge is 0.240 e. The number of benzene rings is 2. The van der Waals surface area contributed by atoms with E-state index in [1.54, 1.807) is 0 Å². The van der Waals surface area contributed by atoms with Crippen LogP contribution in [0.15, 0.2) is 54.7 Å². The lowest BCUT2D eigenvalue weighted by Gasteiger charge is -2.15. The molecule has 1 heterocycles. The van der Waals surface area contributed by atoms with Gasteiger partial charge < -0.3 is 0 Å². The van der Waals surface area contributed by atoms with Gasteiger partial charge in [0.15, 0.2) is 0 Å². The van der Waals surface area contributed by atoms with E-state index in [2.05, 4.69) is 68.3 Å². The first-order chi connectivity index (χ1) is 13.5. The molecule has 0 aliphatic rings. The van der Waals surface area contributed by atoms with Crippen LogP contribution < -0.4 is 0 Å². The van der Waals surface area contributed by atoms with Gasteiger partial charge in [-0.15, -0.1) is 0 Å². The van der Waals surface area contributed by atoms with Gasteiger partial charge in [0.25, 0.3) is 0 Å². The molecule has 0 aliphatic carbocycles. The van der Waals surface area contributed by atoms with E-state index in [0.29, 0.717) is 5.92 Å². The van der Waals surface area contributed by atoms with Crippen LogP contribution in [0.3, 0.4) is 0 Å². The van der Waals surface area contributed by atoms with Crippen LogP contribution in [0.1, 0.15) is 62.8 Å². The zero-order valence-corrected chi connectivity index (χ0v) is 18.2. The summed E-state index contributed by atoms with van der Waals surface area (Å²) in [5.74, 6) is 0.429. The third-order valence-electron chi connectivity index (χ3n) is 5.13. The van der Waals surface area contributed by atoms with Gasteiger partial charge in [0.2, 0.25) is 0 Å². The Bertz CT molecular complexity index is 935. The maximum atomic E-state index is 5.44. The van der Waals surface area contributed by atoms with Crippen molar-refractivity contribution in [1.29, 1.82) is 0 Å². The summed E-state index contributed by atoms with van der Waals surface area (Å²) in [6.07, 6.45) is 6.29. The quantitative estimate of drug-likeness (QED) is 0.383. The SMILES string of the molecule is CCCC(=S)CCc1ccc(-c2ccc(-n3ccc(C)n3)c(C(C)C)c2)cc1. The highest BCUT2D eigenvalue weighted by Gasteiger charge is 2.11. The van der Waals surface area contributed by atoms with Crippen LogP contribution in [-0.2, 0) is 6.42 Å². The van der Waals surface area contributed by atoms with Crippen LogP contribution in [0.2, 0.25) is 0 Å². The number of aryl methyl sites for hydroxylation is 2. The average molecular weight is 391 g/mol. The lowest BCUT2D eigenvalue weighted by molar-refractivity contribution is 0.802. The number of hydrogen-bond acceptors (Lipinski definition) is 2. The number of aromatic nitrogens is 2. The zero-order valence-electron chi connectivity index (χ0n) is 17.4. The standard InChI is InChI=1S/C25H30N2S/c1-5-6-23(28)13-9-20-7-10-21(11-8-20)22-12-14-25(24(17-22)18(2)3)27-16-15-19(4)26-27/h7-8,10-12,14-18H,5-6,9,13H2,1-4H3. The van der Waals surface area contributed by atoms with Gasteiger partial charge >= 0.3 is 0 Å². The maximum absolute atomic E-state index is 5.44. The van der Waals surface area contributed by atoms with Gasteiger partial charge in [0, 0.05) is 6.20 Å². The van der Waals surface area contributed by atoms with Crippen molar-refractivity contribution in [3.8, 4) is 16.8 Å². The van der Waals surface area contributed by atoms with E-state index in [4.69, 9.17) is 12.2 Å². The molecule has 28 heavy (non-hydrogen) atoms. The zero-order chi connectivity index (χ0) is 20.1. The first kappa shape index (κ1) is 20.5. The fourth-order valence-electron chi connectivity index (χ4n) is 3.51. The molecule has 0 spiro atoms. The molecular formula is C25H30N2S. The van der Waals surface area contributed by atoms with Crippen molar-refractivity contribution in [2.75, 3.05) is 0 Å². The lowest BCUT2D eigenvalue weighted by atomic mass is 9.94. The Balaban J connectivity index is 1.81. The molecule has 0 radical (unpaired) electrons. The number of rotatable bonds is 8. The van der Waals surface area contributed by atoms with Crippen LogP contribution in [0, 0.1) is 6.92 Å².